The number of hydrogen-bond acceptors (Lipinski definition) is 3. The fraction of sp³-hybridized carbons (Fsp3) is 0.167. The van der Waals surface area contributed by atoms with E-state index >= 15 is 0 Å². The van der Waals surface area contributed by atoms with Gasteiger partial charge >= 0.3 is 0 Å². The number of rotatable bonds is 4. The summed E-state index contributed by atoms with van der Waals surface area (Å²) >= 11 is 17.8. The van der Waals surface area contributed by atoms with Gasteiger partial charge in [-0.15, -0.1) is 0 Å². The lowest BCUT2D eigenvalue weighted by Gasteiger charge is -2.20. The highest BCUT2D eigenvalue weighted by Crippen LogP contribution is 2.31. The number of fused-ring (bicyclic) bond motifs is 1. The molecule has 134 valence electrons. The molecule has 0 saturated heterocycles. The largest absolute Gasteiger partial charge is 0.340 e. The third-order valence-corrected chi connectivity index (χ3v) is 5.00. The van der Waals surface area contributed by atoms with Crippen molar-refractivity contribution in [2.24, 2.45) is 0 Å². The van der Waals surface area contributed by atoms with E-state index in [4.69, 9.17) is 34.8 Å². The fourth-order valence-corrected chi connectivity index (χ4v) is 3.22. The molecular formula is C18H13Cl3N2O3. The first-order chi connectivity index (χ1) is 12.3. The maximum Gasteiger partial charge on any atom is 0.262 e. The second kappa shape index (κ2) is 7.27. The molecule has 0 radical (unpaired) electrons. The molecule has 0 fully saturated rings. The van der Waals surface area contributed by atoms with E-state index in [1.807, 2.05) is 6.07 Å². The van der Waals surface area contributed by atoms with Crippen molar-refractivity contribution in [1.82, 2.24) is 9.80 Å². The van der Waals surface area contributed by atoms with Crippen molar-refractivity contribution in [1.29, 1.82) is 0 Å². The molecule has 8 heteroatoms. The van der Waals surface area contributed by atoms with E-state index in [-0.39, 0.29) is 33.6 Å². The topological polar surface area (TPSA) is 57.7 Å². The molecule has 0 unspecified atom stereocenters. The highest BCUT2D eigenvalue weighted by atomic mass is 35.5. The number of halogens is 3. The molecule has 0 N–H and O–H groups in total. The van der Waals surface area contributed by atoms with Crippen LogP contribution in [0.3, 0.4) is 0 Å². The van der Waals surface area contributed by atoms with Gasteiger partial charge in [0.2, 0.25) is 5.91 Å². The van der Waals surface area contributed by atoms with Crippen molar-refractivity contribution in [3.63, 3.8) is 0 Å². The smallest absolute Gasteiger partial charge is 0.262 e. The number of nitrogens with zero attached hydrogens (tertiary/aromatic N) is 2. The normalized spacial score (nSPS) is 13.2. The SMILES string of the molecule is CN(Cc1cccc(Cl)c1)C(=O)CN1C(=O)c2cc(Cl)c(Cl)cc2C1=O. The number of amides is 3. The predicted octanol–water partition coefficient (Wildman–Crippen LogP) is 3.90. The van der Waals surface area contributed by atoms with Crippen molar-refractivity contribution in [3.8, 4) is 0 Å². The monoisotopic (exact) mass is 410 g/mol. The van der Waals surface area contributed by atoms with Crippen molar-refractivity contribution < 1.29 is 14.4 Å². The minimum atomic E-state index is -0.562. The van der Waals surface area contributed by atoms with Crippen LogP contribution in [0.4, 0.5) is 0 Å². The predicted molar refractivity (Wildman–Crippen MR) is 99.8 cm³/mol. The second-order valence-electron chi connectivity index (χ2n) is 5.89. The molecule has 0 aromatic heterocycles. The van der Waals surface area contributed by atoms with Crippen LogP contribution in [-0.4, -0.2) is 41.1 Å². The van der Waals surface area contributed by atoms with E-state index in [0.29, 0.717) is 11.6 Å². The van der Waals surface area contributed by atoms with Gasteiger partial charge < -0.3 is 4.90 Å². The Morgan fingerprint density at radius 1 is 1.00 bits per heavy atom. The lowest BCUT2D eigenvalue weighted by Crippen LogP contribution is -2.40. The van der Waals surface area contributed by atoms with Gasteiger partial charge in [0.1, 0.15) is 6.54 Å². The summed E-state index contributed by atoms with van der Waals surface area (Å²) in [6.07, 6.45) is 0. The molecule has 3 rings (SSSR count). The average molecular weight is 412 g/mol. The Hall–Kier alpha value is -2.08. The maximum atomic E-state index is 12.5. The third kappa shape index (κ3) is 3.56. The lowest BCUT2D eigenvalue weighted by atomic mass is 10.1. The van der Waals surface area contributed by atoms with Crippen LogP contribution in [0, 0.1) is 0 Å². The zero-order valence-electron chi connectivity index (χ0n) is 13.6. The number of carbonyl (C=O) groups excluding carboxylic acids is 3. The van der Waals surface area contributed by atoms with Gasteiger partial charge in [-0.1, -0.05) is 46.9 Å². The Morgan fingerprint density at radius 2 is 1.58 bits per heavy atom. The summed E-state index contributed by atoms with van der Waals surface area (Å²) in [6.45, 7) is -0.0567. The molecule has 0 atom stereocenters. The molecule has 5 nitrogen and oxygen atoms in total. The molecule has 0 spiro atoms. The van der Waals surface area contributed by atoms with Crippen LogP contribution in [-0.2, 0) is 11.3 Å². The lowest BCUT2D eigenvalue weighted by molar-refractivity contribution is -0.130. The van der Waals surface area contributed by atoms with Gasteiger partial charge in [-0.2, -0.15) is 0 Å². The molecular weight excluding hydrogens is 399 g/mol. The van der Waals surface area contributed by atoms with Crippen LogP contribution < -0.4 is 0 Å². The molecule has 2 aromatic rings. The standard InChI is InChI=1S/C18H13Cl3N2O3/c1-22(8-10-3-2-4-11(19)5-10)16(24)9-23-17(25)12-6-14(20)15(21)7-13(12)18(23)26/h2-7H,8-9H2,1H3. The van der Waals surface area contributed by atoms with Gasteiger partial charge in [0, 0.05) is 18.6 Å². The third-order valence-electron chi connectivity index (χ3n) is 4.04. The first kappa shape index (κ1) is 18.7. The number of imide groups is 1. The van der Waals surface area contributed by atoms with E-state index in [9.17, 15) is 14.4 Å². The zero-order chi connectivity index (χ0) is 19.0. The maximum absolute atomic E-state index is 12.5. The van der Waals surface area contributed by atoms with Crippen LogP contribution in [0.2, 0.25) is 15.1 Å². The summed E-state index contributed by atoms with van der Waals surface area (Å²) in [7, 11) is 1.59. The van der Waals surface area contributed by atoms with E-state index in [0.717, 1.165) is 10.5 Å². The molecule has 1 heterocycles. The molecule has 2 aromatic carbocycles. The van der Waals surface area contributed by atoms with Gasteiger partial charge in [0.05, 0.1) is 21.2 Å². The molecule has 3 amide bonds. The van der Waals surface area contributed by atoms with Crippen molar-refractivity contribution in [3.05, 3.63) is 68.2 Å². The van der Waals surface area contributed by atoms with E-state index in [2.05, 4.69) is 0 Å². The minimum Gasteiger partial charge on any atom is -0.340 e. The number of hydrogen-bond donors (Lipinski definition) is 0. The highest BCUT2D eigenvalue weighted by molar-refractivity contribution is 6.43. The van der Waals surface area contributed by atoms with Gasteiger partial charge in [-0.25, -0.2) is 0 Å². The zero-order valence-corrected chi connectivity index (χ0v) is 15.9. The number of carbonyl (C=O) groups is 3. The molecule has 0 bridgehead atoms. The van der Waals surface area contributed by atoms with Crippen molar-refractivity contribution in [2.75, 3.05) is 13.6 Å². The van der Waals surface area contributed by atoms with Crippen molar-refractivity contribution >= 4 is 52.5 Å². The summed E-state index contributed by atoms with van der Waals surface area (Å²) < 4.78 is 0. The molecule has 0 saturated carbocycles. The Kier molecular flexibility index (Phi) is 5.23. The summed E-state index contributed by atoms with van der Waals surface area (Å²) in [5.41, 5.74) is 1.14. The minimum absolute atomic E-state index is 0.148. The first-order valence-electron chi connectivity index (χ1n) is 7.61. The molecule has 1 aliphatic rings. The van der Waals surface area contributed by atoms with Crippen LogP contribution in [0.25, 0.3) is 0 Å². The highest BCUT2D eigenvalue weighted by Gasteiger charge is 2.37. The Morgan fingerprint density at radius 3 is 2.12 bits per heavy atom. The fourth-order valence-electron chi connectivity index (χ4n) is 2.68. The molecule has 1 aliphatic heterocycles. The molecule has 26 heavy (non-hydrogen) atoms. The Balaban J connectivity index is 1.73. The van der Waals surface area contributed by atoms with Gasteiger partial charge in [-0.05, 0) is 29.8 Å². The summed E-state index contributed by atoms with van der Waals surface area (Å²) in [4.78, 5) is 39.7. The van der Waals surface area contributed by atoms with E-state index < -0.39 is 11.8 Å². The quantitative estimate of drug-likeness (QED) is 0.717. The number of likely N-dealkylation sites (N-methyl/N-ethyl adjacent to an activating group) is 1. The Bertz CT molecular complexity index is 889. The van der Waals surface area contributed by atoms with Crippen LogP contribution in [0.15, 0.2) is 36.4 Å². The van der Waals surface area contributed by atoms with Crippen molar-refractivity contribution in [2.45, 2.75) is 6.54 Å². The summed E-state index contributed by atoms with van der Waals surface area (Å²) in [5.74, 6) is -1.50. The van der Waals surface area contributed by atoms with Gasteiger partial charge in [-0.3, -0.25) is 19.3 Å². The summed E-state index contributed by atoms with van der Waals surface area (Å²) in [5, 5.41) is 0.924. The van der Waals surface area contributed by atoms with Gasteiger partial charge in [0.15, 0.2) is 0 Å². The van der Waals surface area contributed by atoms with E-state index in [1.165, 1.54) is 17.0 Å². The first-order valence-corrected chi connectivity index (χ1v) is 8.75. The Labute approximate surface area is 165 Å². The van der Waals surface area contributed by atoms with Crippen LogP contribution >= 0.6 is 34.8 Å². The second-order valence-corrected chi connectivity index (χ2v) is 7.14. The number of benzene rings is 2. The van der Waals surface area contributed by atoms with Crippen LogP contribution in [0.5, 0.6) is 0 Å². The van der Waals surface area contributed by atoms with Crippen LogP contribution in [0.1, 0.15) is 26.3 Å². The summed E-state index contributed by atoms with van der Waals surface area (Å²) in [6, 6.07) is 9.80. The van der Waals surface area contributed by atoms with Gasteiger partial charge in [0.25, 0.3) is 11.8 Å². The molecule has 0 aliphatic carbocycles. The van der Waals surface area contributed by atoms with E-state index in [1.54, 1.807) is 25.2 Å². The average Bonchev–Trinajstić information content (AvgIpc) is 2.80.